The standard InChI is InChI=1S/C17H25FN4O2/c1-17(2,3)21-15(23)11-19-16(24)20-12-6-7-14(13(18)10-12)22-8-4-5-9-22/h6-7,10H,4-5,8-9,11H2,1-3H3,(H,21,23)(H2,19,20,24). The third kappa shape index (κ3) is 5.40. The van der Waals surface area contributed by atoms with Gasteiger partial charge in [0, 0.05) is 24.3 Å². The number of nitrogens with zero attached hydrogens (tertiary/aromatic N) is 1. The van der Waals surface area contributed by atoms with Gasteiger partial charge in [-0.25, -0.2) is 9.18 Å². The maximum Gasteiger partial charge on any atom is 0.319 e. The number of carbonyl (C=O) groups is 2. The van der Waals surface area contributed by atoms with Gasteiger partial charge in [-0.1, -0.05) is 0 Å². The van der Waals surface area contributed by atoms with Crippen LogP contribution in [0, 0.1) is 5.82 Å². The minimum absolute atomic E-state index is 0.141. The zero-order chi connectivity index (χ0) is 17.7. The number of benzene rings is 1. The molecule has 0 saturated carbocycles. The van der Waals surface area contributed by atoms with Crippen LogP contribution >= 0.6 is 0 Å². The van der Waals surface area contributed by atoms with Gasteiger partial charge >= 0.3 is 6.03 Å². The lowest BCUT2D eigenvalue weighted by Gasteiger charge is -2.20. The lowest BCUT2D eigenvalue weighted by molar-refractivity contribution is -0.121. The summed E-state index contributed by atoms with van der Waals surface area (Å²) in [6.07, 6.45) is 2.14. The van der Waals surface area contributed by atoms with E-state index in [0.29, 0.717) is 11.4 Å². The third-order valence-corrected chi connectivity index (χ3v) is 3.58. The highest BCUT2D eigenvalue weighted by atomic mass is 19.1. The van der Waals surface area contributed by atoms with Gasteiger partial charge in [-0.3, -0.25) is 4.79 Å². The average molecular weight is 336 g/mol. The molecular formula is C17H25FN4O2. The number of carbonyl (C=O) groups excluding carboxylic acids is 2. The van der Waals surface area contributed by atoms with Gasteiger partial charge in [0.15, 0.2) is 0 Å². The van der Waals surface area contributed by atoms with Crippen LogP contribution in [0.25, 0.3) is 0 Å². The van der Waals surface area contributed by atoms with E-state index in [9.17, 15) is 14.0 Å². The SMILES string of the molecule is CC(C)(C)NC(=O)CNC(=O)Nc1ccc(N2CCCC2)c(F)c1. The summed E-state index contributed by atoms with van der Waals surface area (Å²) < 4.78 is 14.2. The summed E-state index contributed by atoms with van der Waals surface area (Å²) in [7, 11) is 0. The van der Waals surface area contributed by atoms with Crippen LogP contribution < -0.4 is 20.9 Å². The van der Waals surface area contributed by atoms with Gasteiger partial charge in [-0.2, -0.15) is 0 Å². The summed E-state index contributed by atoms with van der Waals surface area (Å²) in [4.78, 5) is 25.4. The molecule has 0 radical (unpaired) electrons. The Bertz CT molecular complexity index is 607. The van der Waals surface area contributed by atoms with E-state index in [4.69, 9.17) is 0 Å². The van der Waals surface area contributed by atoms with Crippen LogP contribution in [0.4, 0.5) is 20.6 Å². The predicted molar refractivity (Wildman–Crippen MR) is 92.8 cm³/mol. The summed E-state index contributed by atoms with van der Waals surface area (Å²) in [6.45, 7) is 7.14. The first-order chi connectivity index (χ1) is 11.2. The van der Waals surface area contributed by atoms with Crippen LogP contribution in [0.1, 0.15) is 33.6 Å². The van der Waals surface area contributed by atoms with Gasteiger partial charge in [0.2, 0.25) is 5.91 Å². The van der Waals surface area contributed by atoms with Gasteiger partial charge in [0.25, 0.3) is 0 Å². The van der Waals surface area contributed by atoms with Crippen LogP contribution in [-0.4, -0.2) is 37.1 Å². The number of hydrogen-bond donors (Lipinski definition) is 3. The number of anilines is 2. The topological polar surface area (TPSA) is 73.5 Å². The summed E-state index contributed by atoms with van der Waals surface area (Å²) in [5, 5.41) is 7.72. The molecule has 0 aliphatic carbocycles. The fraction of sp³-hybridized carbons (Fsp3) is 0.529. The molecule has 3 N–H and O–H groups in total. The molecule has 2 rings (SSSR count). The van der Waals surface area contributed by atoms with E-state index < -0.39 is 6.03 Å². The van der Waals surface area contributed by atoms with Crippen LogP contribution in [0.15, 0.2) is 18.2 Å². The predicted octanol–water partition coefficient (Wildman–Crippen LogP) is 2.46. The highest BCUT2D eigenvalue weighted by Crippen LogP contribution is 2.25. The van der Waals surface area contributed by atoms with Gasteiger partial charge in [0.05, 0.1) is 12.2 Å². The molecule has 6 nitrogen and oxygen atoms in total. The fourth-order valence-electron chi connectivity index (χ4n) is 2.60. The molecule has 1 aliphatic rings. The van der Waals surface area contributed by atoms with E-state index >= 15 is 0 Å². The van der Waals surface area contributed by atoms with E-state index in [1.54, 1.807) is 12.1 Å². The minimum Gasteiger partial charge on any atom is -0.369 e. The summed E-state index contributed by atoms with van der Waals surface area (Å²) in [5.74, 6) is -0.645. The van der Waals surface area contributed by atoms with E-state index in [1.807, 2.05) is 25.7 Å². The number of rotatable bonds is 4. The van der Waals surface area contributed by atoms with Crippen LogP contribution in [0.3, 0.4) is 0 Å². The molecule has 132 valence electrons. The summed E-state index contributed by atoms with van der Waals surface area (Å²) in [5.41, 5.74) is 0.552. The molecule has 1 fully saturated rings. The maximum atomic E-state index is 14.2. The average Bonchev–Trinajstić information content (AvgIpc) is 2.97. The van der Waals surface area contributed by atoms with Crippen molar-refractivity contribution in [3.8, 4) is 0 Å². The van der Waals surface area contributed by atoms with Crippen molar-refractivity contribution < 1.29 is 14.0 Å². The second-order valence-electron chi connectivity index (χ2n) is 6.97. The second-order valence-corrected chi connectivity index (χ2v) is 6.97. The molecule has 24 heavy (non-hydrogen) atoms. The fourth-order valence-corrected chi connectivity index (χ4v) is 2.60. The van der Waals surface area contributed by atoms with Crippen molar-refractivity contribution in [1.82, 2.24) is 10.6 Å². The second kappa shape index (κ2) is 7.51. The number of nitrogens with one attached hydrogen (secondary N) is 3. The first-order valence-electron chi connectivity index (χ1n) is 8.15. The Hall–Kier alpha value is -2.31. The first kappa shape index (κ1) is 18.0. The molecule has 1 saturated heterocycles. The Morgan fingerprint density at radius 2 is 1.88 bits per heavy atom. The Morgan fingerprint density at radius 1 is 1.21 bits per heavy atom. The Morgan fingerprint density at radius 3 is 2.46 bits per heavy atom. The van der Waals surface area contributed by atoms with E-state index in [1.165, 1.54) is 6.07 Å². The molecule has 0 aromatic heterocycles. The summed E-state index contributed by atoms with van der Waals surface area (Å²) >= 11 is 0. The monoisotopic (exact) mass is 336 g/mol. The molecule has 0 unspecified atom stereocenters. The number of urea groups is 1. The van der Waals surface area contributed by atoms with Crippen LogP contribution in [-0.2, 0) is 4.79 Å². The van der Waals surface area contributed by atoms with Crippen molar-refractivity contribution in [3.05, 3.63) is 24.0 Å². The van der Waals surface area contributed by atoms with Crippen molar-refractivity contribution in [2.75, 3.05) is 29.9 Å². The van der Waals surface area contributed by atoms with Crippen LogP contribution in [0.5, 0.6) is 0 Å². The normalized spacial score (nSPS) is 14.4. The summed E-state index contributed by atoms with van der Waals surface area (Å²) in [6, 6.07) is 4.07. The maximum absolute atomic E-state index is 14.2. The molecule has 1 aliphatic heterocycles. The van der Waals surface area contributed by atoms with Crippen molar-refractivity contribution in [2.45, 2.75) is 39.2 Å². The largest absolute Gasteiger partial charge is 0.369 e. The van der Waals surface area contributed by atoms with Gasteiger partial charge in [-0.15, -0.1) is 0 Å². The molecule has 0 bridgehead atoms. The number of halogens is 1. The third-order valence-electron chi connectivity index (χ3n) is 3.58. The Kier molecular flexibility index (Phi) is 5.64. The highest BCUT2D eigenvalue weighted by Gasteiger charge is 2.17. The smallest absolute Gasteiger partial charge is 0.319 e. The quantitative estimate of drug-likeness (QED) is 0.791. The molecule has 0 atom stereocenters. The molecular weight excluding hydrogens is 311 g/mol. The Labute approximate surface area is 141 Å². The van der Waals surface area contributed by atoms with Crippen molar-refractivity contribution in [2.24, 2.45) is 0 Å². The van der Waals surface area contributed by atoms with E-state index in [2.05, 4.69) is 16.0 Å². The first-order valence-corrected chi connectivity index (χ1v) is 8.15. The lowest BCUT2D eigenvalue weighted by Crippen LogP contribution is -2.46. The number of hydrogen-bond acceptors (Lipinski definition) is 3. The van der Waals surface area contributed by atoms with Crippen molar-refractivity contribution in [3.63, 3.8) is 0 Å². The number of amides is 3. The molecule has 1 aromatic rings. The van der Waals surface area contributed by atoms with Crippen LogP contribution in [0.2, 0.25) is 0 Å². The molecule has 1 aromatic carbocycles. The van der Waals surface area contributed by atoms with Gasteiger partial charge < -0.3 is 20.9 Å². The highest BCUT2D eigenvalue weighted by molar-refractivity contribution is 5.92. The molecule has 3 amide bonds. The minimum atomic E-state index is -0.549. The molecule has 7 heteroatoms. The van der Waals surface area contributed by atoms with Crippen molar-refractivity contribution in [1.29, 1.82) is 0 Å². The molecule has 0 spiro atoms. The lowest BCUT2D eigenvalue weighted by atomic mass is 10.1. The Balaban J connectivity index is 1.85. The molecule has 1 heterocycles. The van der Waals surface area contributed by atoms with E-state index in [0.717, 1.165) is 25.9 Å². The zero-order valence-corrected chi connectivity index (χ0v) is 14.4. The van der Waals surface area contributed by atoms with Gasteiger partial charge in [-0.05, 0) is 51.8 Å². The van der Waals surface area contributed by atoms with Gasteiger partial charge in [0.1, 0.15) is 5.82 Å². The van der Waals surface area contributed by atoms with Crippen molar-refractivity contribution >= 4 is 23.3 Å². The zero-order valence-electron chi connectivity index (χ0n) is 14.4. The van der Waals surface area contributed by atoms with E-state index in [-0.39, 0.29) is 23.8 Å².